The van der Waals surface area contributed by atoms with Gasteiger partial charge in [-0.3, -0.25) is 0 Å². The van der Waals surface area contributed by atoms with Crippen molar-refractivity contribution in [2.75, 3.05) is 7.11 Å². The molecule has 4 heteroatoms. The number of aliphatic hydroxyl groups excluding tert-OH is 1. The lowest BCUT2D eigenvalue weighted by molar-refractivity contribution is 0.168. The first-order chi connectivity index (χ1) is 10.6. The van der Waals surface area contributed by atoms with Gasteiger partial charge >= 0.3 is 0 Å². The second-order valence-electron chi connectivity index (χ2n) is 7.53. The van der Waals surface area contributed by atoms with E-state index in [2.05, 4.69) is 40.4 Å². The number of methoxy groups -OCH3 is 1. The summed E-state index contributed by atoms with van der Waals surface area (Å²) < 4.78 is 12.0. The van der Waals surface area contributed by atoms with Crippen LogP contribution >= 0.6 is 0 Å². The molecule has 1 rings (SSSR count). The molecule has 0 amide bonds. The fourth-order valence-electron chi connectivity index (χ4n) is 2.13. The molecule has 130 valence electrons. The van der Waals surface area contributed by atoms with Crippen LogP contribution in [0.15, 0.2) is 30.9 Å². The van der Waals surface area contributed by atoms with Gasteiger partial charge in [0.05, 0.1) is 13.2 Å². The Hall–Kier alpha value is -1.26. The predicted octanol–water partition coefficient (Wildman–Crippen LogP) is 4.95. The van der Waals surface area contributed by atoms with Crippen LogP contribution in [0.25, 0.3) is 0 Å². The molecule has 0 heterocycles. The van der Waals surface area contributed by atoms with Gasteiger partial charge in [-0.1, -0.05) is 39.0 Å². The maximum absolute atomic E-state index is 9.90. The highest BCUT2D eigenvalue weighted by Crippen LogP contribution is 2.41. The summed E-state index contributed by atoms with van der Waals surface area (Å²) in [6, 6.07) is 6.02. The highest BCUT2D eigenvalue weighted by Gasteiger charge is 2.39. The van der Waals surface area contributed by atoms with Crippen molar-refractivity contribution in [1.29, 1.82) is 0 Å². The van der Waals surface area contributed by atoms with Crippen LogP contribution in [0.5, 0.6) is 11.5 Å². The Bertz CT molecular complexity index is 518. The molecule has 23 heavy (non-hydrogen) atoms. The zero-order valence-corrected chi connectivity index (χ0v) is 16.5. The highest BCUT2D eigenvalue weighted by molar-refractivity contribution is 6.74. The summed E-state index contributed by atoms with van der Waals surface area (Å²) in [7, 11) is -0.238. The van der Waals surface area contributed by atoms with Crippen molar-refractivity contribution in [1.82, 2.24) is 0 Å². The van der Waals surface area contributed by atoms with Crippen LogP contribution in [0.3, 0.4) is 0 Å². The third-order valence-corrected chi connectivity index (χ3v) is 8.96. The quantitative estimate of drug-likeness (QED) is 0.539. The SMILES string of the molecule is C=CCC(O)CCc1cccc(O[Si](C)(C)C(C)(C)C)c1OC. The molecule has 0 aliphatic rings. The molecule has 1 aromatic carbocycles. The number of aryl methyl sites for hydroxylation is 1. The molecule has 1 aromatic rings. The summed E-state index contributed by atoms with van der Waals surface area (Å²) in [5, 5.41) is 10.0. The maximum atomic E-state index is 9.90. The minimum absolute atomic E-state index is 0.133. The molecule has 0 aromatic heterocycles. The molecule has 0 saturated carbocycles. The predicted molar refractivity (Wildman–Crippen MR) is 100.0 cm³/mol. The number of ether oxygens (including phenoxy) is 1. The van der Waals surface area contributed by atoms with E-state index in [0.717, 1.165) is 23.5 Å². The fraction of sp³-hybridized carbons (Fsp3) is 0.579. The molecule has 0 aliphatic heterocycles. The molecule has 0 bridgehead atoms. The van der Waals surface area contributed by atoms with Crippen LogP contribution < -0.4 is 9.16 Å². The normalized spacial score (nSPS) is 13.5. The largest absolute Gasteiger partial charge is 0.541 e. The summed E-state index contributed by atoms with van der Waals surface area (Å²) in [5.74, 6) is 1.61. The number of aliphatic hydroxyl groups is 1. The zero-order valence-electron chi connectivity index (χ0n) is 15.5. The summed E-state index contributed by atoms with van der Waals surface area (Å²) in [6.45, 7) is 14.8. The first-order valence-corrected chi connectivity index (χ1v) is 11.2. The maximum Gasteiger partial charge on any atom is 0.250 e. The average Bonchev–Trinajstić information content (AvgIpc) is 2.44. The Morgan fingerprint density at radius 1 is 1.30 bits per heavy atom. The molecule has 1 atom stereocenters. The van der Waals surface area contributed by atoms with Gasteiger partial charge in [0.25, 0.3) is 8.32 Å². The lowest BCUT2D eigenvalue weighted by Gasteiger charge is -2.37. The number of rotatable bonds is 8. The van der Waals surface area contributed by atoms with Gasteiger partial charge < -0.3 is 14.3 Å². The number of para-hydroxylation sites is 1. The van der Waals surface area contributed by atoms with Gasteiger partial charge in [0, 0.05) is 0 Å². The Balaban J connectivity index is 2.98. The number of hydrogen-bond donors (Lipinski definition) is 1. The highest BCUT2D eigenvalue weighted by atomic mass is 28.4. The first-order valence-electron chi connectivity index (χ1n) is 8.26. The average molecular weight is 337 g/mol. The topological polar surface area (TPSA) is 38.7 Å². The van der Waals surface area contributed by atoms with Gasteiger partial charge in [0.15, 0.2) is 5.75 Å². The summed E-state index contributed by atoms with van der Waals surface area (Å²) >= 11 is 0. The van der Waals surface area contributed by atoms with Gasteiger partial charge in [-0.2, -0.15) is 0 Å². The van der Waals surface area contributed by atoms with Crippen LogP contribution in [0, 0.1) is 0 Å². The second-order valence-corrected chi connectivity index (χ2v) is 12.3. The Kier molecular flexibility index (Phi) is 6.90. The van der Waals surface area contributed by atoms with Crippen molar-refractivity contribution in [3.63, 3.8) is 0 Å². The van der Waals surface area contributed by atoms with Crippen molar-refractivity contribution in [2.24, 2.45) is 0 Å². The lowest BCUT2D eigenvalue weighted by Crippen LogP contribution is -2.43. The molecule has 3 nitrogen and oxygen atoms in total. The van der Waals surface area contributed by atoms with Gasteiger partial charge in [-0.15, -0.1) is 6.58 Å². The lowest BCUT2D eigenvalue weighted by atomic mass is 10.0. The van der Waals surface area contributed by atoms with E-state index in [4.69, 9.17) is 9.16 Å². The van der Waals surface area contributed by atoms with E-state index in [1.807, 2.05) is 18.2 Å². The molecule has 0 radical (unpaired) electrons. The van der Waals surface area contributed by atoms with Gasteiger partial charge in [0.2, 0.25) is 0 Å². The molecule has 0 saturated heterocycles. The number of hydrogen-bond acceptors (Lipinski definition) is 3. The van der Waals surface area contributed by atoms with E-state index >= 15 is 0 Å². The molecule has 1 unspecified atom stereocenters. The van der Waals surface area contributed by atoms with Gasteiger partial charge in [0.1, 0.15) is 5.75 Å². The Morgan fingerprint density at radius 3 is 2.48 bits per heavy atom. The van der Waals surface area contributed by atoms with Crippen molar-refractivity contribution in [2.45, 2.75) is 64.3 Å². The molecule has 1 N–H and O–H groups in total. The van der Waals surface area contributed by atoms with Crippen molar-refractivity contribution >= 4 is 8.32 Å². The van der Waals surface area contributed by atoms with E-state index in [-0.39, 0.29) is 11.1 Å². The van der Waals surface area contributed by atoms with Crippen LogP contribution in [-0.2, 0) is 6.42 Å². The standard InChI is InChI=1S/C19H32O3Si/c1-8-10-16(20)14-13-15-11-9-12-17(18(15)21-5)22-23(6,7)19(2,3)4/h8-9,11-12,16,20H,1,10,13-14H2,2-7H3. The van der Waals surface area contributed by atoms with E-state index < -0.39 is 8.32 Å². The van der Waals surface area contributed by atoms with Crippen LogP contribution in [0.4, 0.5) is 0 Å². The van der Waals surface area contributed by atoms with Crippen LogP contribution in [0.1, 0.15) is 39.2 Å². The first kappa shape index (κ1) is 19.8. The number of benzene rings is 1. The molecule has 0 spiro atoms. The molecular formula is C19H32O3Si. The minimum Gasteiger partial charge on any atom is -0.541 e. The van der Waals surface area contributed by atoms with Crippen LogP contribution in [0.2, 0.25) is 18.1 Å². The van der Waals surface area contributed by atoms with Gasteiger partial charge in [-0.05, 0) is 49.0 Å². The molecule has 0 aliphatic carbocycles. The van der Waals surface area contributed by atoms with Gasteiger partial charge in [-0.25, -0.2) is 0 Å². The molecule has 0 fully saturated rings. The fourth-order valence-corrected chi connectivity index (χ4v) is 3.15. The minimum atomic E-state index is -1.92. The smallest absolute Gasteiger partial charge is 0.250 e. The van der Waals surface area contributed by atoms with Crippen molar-refractivity contribution in [3.05, 3.63) is 36.4 Å². The van der Waals surface area contributed by atoms with Crippen LogP contribution in [-0.4, -0.2) is 26.6 Å². The van der Waals surface area contributed by atoms with E-state index in [1.165, 1.54) is 0 Å². The van der Waals surface area contributed by atoms with Crippen molar-refractivity contribution < 1.29 is 14.3 Å². The van der Waals surface area contributed by atoms with Crippen molar-refractivity contribution in [3.8, 4) is 11.5 Å². The molecular weight excluding hydrogens is 304 g/mol. The Labute approximate surface area is 142 Å². The summed E-state index contributed by atoms with van der Waals surface area (Å²) in [4.78, 5) is 0. The summed E-state index contributed by atoms with van der Waals surface area (Å²) in [5.41, 5.74) is 1.08. The van der Waals surface area contributed by atoms with E-state index in [0.29, 0.717) is 12.8 Å². The third-order valence-electron chi connectivity index (χ3n) is 4.62. The monoisotopic (exact) mass is 336 g/mol. The third kappa shape index (κ3) is 5.39. The second kappa shape index (κ2) is 8.02. The Morgan fingerprint density at radius 2 is 1.96 bits per heavy atom. The zero-order chi connectivity index (χ0) is 17.7. The van der Waals surface area contributed by atoms with E-state index in [9.17, 15) is 5.11 Å². The van der Waals surface area contributed by atoms with E-state index in [1.54, 1.807) is 13.2 Å². The summed E-state index contributed by atoms with van der Waals surface area (Å²) in [6.07, 6.45) is 3.45.